The van der Waals surface area contributed by atoms with E-state index in [1.807, 2.05) is 59.5 Å². The van der Waals surface area contributed by atoms with Gasteiger partial charge in [0, 0.05) is 23.2 Å². The molecular weight excluding hydrogens is 236 g/mol. The Morgan fingerprint density at radius 3 is 2.58 bits per heavy atom. The fourth-order valence-corrected chi connectivity index (χ4v) is 3.10. The quantitative estimate of drug-likeness (QED) is 0.839. The number of hydrogen-bond donors (Lipinski definition) is 1. The van der Waals surface area contributed by atoms with Crippen molar-refractivity contribution < 1.29 is 5.11 Å². The first-order chi connectivity index (χ1) is 9.32. The van der Waals surface area contributed by atoms with Gasteiger partial charge in [-0.05, 0) is 0 Å². The smallest absolute Gasteiger partial charge is 0.193 e. The van der Waals surface area contributed by atoms with Crippen LogP contribution < -0.4 is 0 Å². The lowest BCUT2D eigenvalue weighted by Crippen LogP contribution is -2.43. The maximum atomic E-state index is 11.3. The van der Waals surface area contributed by atoms with Crippen LogP contribution in [0.3, 0.4) is 0 Å². The first-order valence-corrected chi connectivity index (χ1v) is 6.51. The van der Waals surface area contributed by atoms with Crippen molar-refractivity contribution in [2.24, 2.45) is 4.99 Å². The zero-order valence-corrected chi connectivity index (χ0v) is 10.5. The largest absolute Gasteiger partial charge is 0.363 e. The maximum absolute atomic E-state index is 11.3. The maximum Gasteiger partial charge on any atom is 0.193 e. The minimum atomic E-state index is -1.08. The molecule has 0 unspecified atom stereocenters. The zero-order valence-electron chi connectivity index (χ0n) is 10.5. The number of fused-ring (bicyclic) bond motifs is 3. The molecular formula is C16H14N2O. The molecule has 1 atom stereocenters. The summed E-state index contributed by atoms with van der Waals surface area (Å²) >= 11 is 0. The fraction of sp³-hybridized carbons (Fsp3) is 0.188. The highest BCUT2D eigenvalue weighted by Gasteiger charge is 2.49. The molecule has 2 aliphatic heterocycles. The van der Waals surface area contributed by atoms with Gasteiger partial charge < -0.3 is 10.0 Å². The molecule has 4 rings (SSSR count). The molecule has 2 aromatic rings. The average Bonchev–Trinajstić information content (AvgIpc) is 3.04. The molecule has 2 aromatic carbocycles. The summed E-state index contributed by atoms with van der Waals surface area (Å²) in [5, 5.41) is 11.3. The number of amidine groups is 1. The number of aliphatic hydroxyl groups is 1. The number of rotatable bonds is 1. The van der Waals surface area contributed by atoms with Gasteiger partial charge in [-0.1, -0.05) is 54.6 Å². The fourth-order valence-electron chi connectivity index (χ4n) is 3.10. The van der Waals surface area contributed by atoms with Gasteiger partial charge in [-0.2, -0.15) is 0 Å². The molecule has 19 heavy (non-hydrogen) atoms. The summed E-state index contributed by atoms with van der Waals surface area (Å²) in [5.74, 6) is 0.918. The van der Waals surface area contributed by atoms with Crippen LogP contribution in [0.2, 0.25) is 0 Å². The van der Waals surface area contributed by atoms with Gasteiger partial charge >= 0.3 is 0 Å². The second-order valence-electron chi connectivity index (χ2n) is 4.94. The minimum absolute atomic E-state index is 0.749. The van der Waals surface area contributed by atoms with Gasteiger partial charge in [-0.15, -0.1) is 0 Å². The summed E-state index contributed by atoms with van der Waals surface area (Å²) in [6.07, 6.45) is 0. The van der Waals surface area contributed by atoms with Gasteiger partial charge in [0.1, 0.15) is 5.84 Å². The molecule has 0 bridgehead atoms. The second kappa shape index (κ2) is 3.68. The van der Waals surface area contributed by atoms with Crippen LogP contribution in [0.1, 0.15) is 16.7 Å². The third-order valence-corrected chi connectivity index (χ3v) is 3.95. The van der Waals surface area contributed by atoms with E-state index in [0.717, 1.165) is 35.6 Å². The van der Waals surface area contributed by atoms with Crippen molar-refractivity contribution in [1.29, 1.82) is 0 Å². The van der Waals surface area contributed by atoms with Crippen LogP contribution in [-0.4, -0.2) is 28.9 Å². The Kier molecular flexibility index (Phi) is 2.09. The van der Waals surface area contributed by atoms with E-state index in [1.54, 1.807) is 0 Å². The van der Waals surface area contributed by atoms with Gasteiger partial charge in [-0.3, -0.25) is 4.99 Å². The molecule has 3 nitrogen and oxygen atoms in total. The Morgan fingerprint density at radius 1 is 1.00 bits per heavy atom. The van der Waals surface area contributed by atoms with E-state index in [2.05, 4.69) is 4.99 Å². The summed E-state index contributed by atoms with van der Waals surface area (Å²) in [4.78, 5) is 6.55. The summed E-state index contributed by atoms with van der Waals surface area (Å²) in [6.45, 7) is 1.51. The van der Waals surface area contributed by atoms with Crippen LogP contribution in [0.4, 0.5) is 0 Å². The first-order valence-electron chi connectivity index (χ1n) is 6.51. The average molecular weight is 250 g/mol. The number of aliphatic imine (C=N–C) groups is 1. The van der Waals surface area contributed by atoms with Gasteiger partial charge in [0.15, 0.2) is 5.72 Å². The lowest BCUT2D eigenvalue weighted by Gasteiger charge is -2.33. The second-order valence-corrected chi connectivity index (χ2v) is 4.94. The van der Waals surface area contributed by atoms with Crippen molar-refractivity contribution in [3.63, 3.8) is 0 Å². The van der Waals surface area contributed by atoms with Crippen LogP contribution in [0.25, 0.3) is 0 Å². The number of benzene rings is 2. The van der Waals surface area contributed by atoms with Gasteiger partial charge in [-0.25, -0.2) is 0 Å². The SMILES string of the molecule is O[C@@]1(c2ccccc2)c2ccccc2C2=NCCN21. The molecule has 0 aromatic heterocycles. The molecule has 3 heteroatoms. The molecule has 0 saturated carbocycles. The predicted molar refractivity (Wildman–Crippen MR) is 74.0 cm³/mol. The Hall–Kier alpha value is -2.13. The standard InChI is InChI=1S/C16H14N2O/c19-16(12-6-2-1-3-7-12)14-9-5-4-8-13(14)15-17-10-11-18(15)16/h1-9,19H,10-11H2/t16-/m0/s1. The zero-order chi connectivity index (χ0) is 12.9. The first kappa shape index (κ1) is 10.8. The van der Waals surface area contributed by atoms with Crippen LogP contribution in [-0.2, 0) is 5.72 Å². The van der Waals surface area contributed by atoms with Crippen molar-refractivity contribution in [1.82, 2.24) is 4.90 Å². The number of hydrogen-bond acceptors (Lipinski definition) is 3. The lowest BCUT2D eigenvalue weighted by molar-refractivity contribution is -0.0242. The van der Waals surface area contributed by atoms with Crippen LogP contribution in [0.15, 0.2) is 59.6 Å². The van der Waals surface area contributed by atoms with E-state index in [1.165, 1.54) is 0 Å². The Labute approximate surface area is 111 Å². The van der Waals surface area contributed by atoms with Crippen molar-refractivity contribution in [3.8, 4) is 0 Å². The monoisotopic (exact) mass is 250 g/mol. The third kappa shape index (κ3) is 1.28. The molecule has 0 radical (unpaired) electrons. The third-order valence-electron chi connectivity index (χ3n) is 3.95. The van der Waals surface area contributed by atoms with E-state index >= 15 is 0 Å². The van der Waals surface area contributed by atoms with E-state index in [-0.39, 0.29) is 0 Å². The van der Waals surface area contributed by atoms with Crippen molar-refractivity contribution >= 4 is 5.84 Å². The van der Waals surface area contributed by atoms with Gasteiger partial charge in [0.05, 0.1) is 6.54 Å². The molecule has 0 fully saturated rings. The highest BCUT2D eigenvalue weighted by atomic mass is 16.3. The normalized spacial score (nSPS) is 24.1. The summed E-state index contributed by atoms with van der Waals surface area (Å²) in [7, 11) is 0. The lowest BCUT2D eigenvalue weighted by atomic mass is 9.94. The summed E-state index contributed by atoms with van der Waals surface area (Å²) in [6, 6.07) is 17.8. The van der Waals surface area contributed by atoms with Gasteiger partial charge in [0.25, 0.3) is 0 Å². The highest BCUT2D eigenvalue weighted by molar-refractivity contribution is 6.05. The van der Waals surface area contributed by atoms with Crippen LogP contribution in [0.5, 0.6) is 0 Å². The topological polar surface area (TPSA) is 35.8 Å². The molecule has 0 saturated heterocycles. The molecule has 2 aliphatic rings. The molecule has 94 valence electrons. The Bertz CT molecular complexity index is 665. The van der Waals surface area contributed by atoms with Crippen molar-refractivity contribution in [2.45, 2.75) is 5.72 Å². The molecule has 2 heterocycles. The summed E-state index contributed by atoms with van der Waals surface area (Å²) in [5.41, 5.74) is 1.80. The molecule has 0 aliphatic carbocycles. The minimum Gasteiger partial charge on any atom is -0.363 e. The van der Waals surface area contributed by atoms with E-state index < -0.39 is 5.72 Å². The van der Waals surface area contributed by atoms with E-state index in [0.29, 0.717) is 0 Å². The van der Waals surface area contributed by atoms with E-state index in [4.69, 9.17) is 0 Å². The Morgan fingerprint density at radius 2 is 1.74 bits per heavy atom. The predicted octanol–water partition coefficient (Wildman–Crippen LogP) is 1.96. The molecule has 0 spiro atoms. The Balaban J connectivity index is 2.00. The van der Waals surface area contributed by atoms with Crippen molar-refractivity contribution in [3.05, 3.63) is 71.3 Å². The van der Waals surface area contributed by atoms with Gasteiger partial charge in [0.2, 0.25) is 0 Å². The van der Waals surface area contributed by atoms with Crippen LogP contribution >= 0.6 is 0 Å². The molecule has 0 amide bonds. The van der Waals surface area contributed by atoms with Crippen molar-refractivity contribution in [2.75, 3.05) is 13.1 Å². The van der Waals surface area contributed by atoms with E-state index in [9.17, 15) is 5.11 Å². The number of nitrogens with zero attached hydrogens (tertiary/aromatic N) is 2. The summed E-state index contributed by atoms with van der Waals surface area (Å²) < 4.78 is 0. The van der Waals surface area contributed by atoms with Crippen LogP contribution in [0, 0.1) is 0 Å². The molecule has 1 N–H and O–H groups in total. The highest BCUT2D eigenvalue weighted by Crippen LogP contribution is 2.43.